The van der Waals surface area contributed by atoms with Crippen LogP contribution in [0.1, 0.15) is 99.9 Å². The lowest BCUT2D eigenvalue weighted by atomic mass is 9.70. The van der Waals surface area contributed by atoms with E-state index in [1.165, 1.54) is 99.8 Å². The summed E-state index contributed by atoms with van der Waals surface area (Å²) in [5, 5.41) is 7.15. The molecule has 0 bridgehead atoms. The third-order valence-corrected chi connectivity index (χ3v) is 13.6. The molecule has 0 radical (unpaired) electrons. The zero-order valence-corrected chi connectivity index (χ0v) is 39.4. The Morgan fingerprint density at radius 1 is 0.508 bits per heavy atom. The first-order valence-corrected chi connectivity index (χ1v) is 23.0. The molecule has 2 aliphatic rings. The van der Waals surface area contributed by atoms with Gasteiger partial charge >= 0.3 is 0 Å². The van der Waals surface area contributed by atoms with Crippen molar-refractivity contribution in [2.45, 2.75) is 74.7 Å². The van der Waals surface area contributed by atoms with Crippen LogP contribution in [0.2, 0.25) is 0 Å². The summed E-state index contributed by atoms with van der Waals surface area (Å²) in [6.45, 7) is 23.0. The monoisotopic (exact) mass is 840 g/mol. The zero-order valence-electron chi connectivity index (χ0n) is 39.4. The van der Waals surface area contributed by atoms with Gasteiger partial charge in [-0.3, -0.25) is 9.97 Å². The van der Waals surface area contributed by atoms with Crippen LogP contribution in [-0.4, -0.2) is 9.97 Å². The van der Waals surface area contributed by atoms with Gasteiger partial charge in [-0.15, -0.1) is 5.73 Å². The first-order chi connectivity index (χ1) is 31.2. The van der Waals surface area contributed by atoms with Crippen LogP contribution in [0.15, 0.2) is 169 Å². The smallest absolute Gasteiger partial charge is 0.0976 e. The van der Waals surface area contributed by atoms with Crippen LogP contribution in [-0.2, 0) is 5.41 Å². The molecule has 0 saturated carbocycles. The van der Waals surface area contributed by atoms with E-state index in [0.717, 1.165) is 33.0 Å². The predicted octanol–water partition coefficient (Wildman–Crippen LogP) is 14.6. The van der Waals surface area contributed by atoms with E-state index in [1.54, 1.807) is 0 Å². The molecule has 0 aliphatic heterocycles. The minimum Gasteiger partial charge on any atom is -0.265 e. The van der Waals surface area contributed by atoms with Crippen molar-refractivity contribution in [2.24, 2.45) is 5.41 Å². The topological polar surface area (TPSA) is 25.8 Å². The van der Waals surface area contributed by atoms with E-state index in [2.05, 4.69) is 218 Å². The summed E-state index contributed by atoms with van der Waals surface area (Å²) in [6, 6.07) is 45.3. The van der Waals surface area contributed by atoms with Gasteiger partial charge in [0, 0.05) is 54.5 Å². The molecule has 6 aromatic carbocycles. The van der Waals surface area contributed by atoms with Gasteiger partial charge in [-0.05, 0) is 106 Å². The second-order valence-electron chi connectivity index (χ2n) is 20.2. The quantitative estimate of drug-likeness (QED) is 0.131. The van der Waals surface area contributed by atoms with Gasteiger partial charge in [-0.2, -0.15) is 0 Å². The van der Waals surface area contributed by atoms with E-state index < -0.39 is 0 Å². The largest absolute Gasteiger partial charge is 0.265 e. The maximum absolute atomic E-state index is 4.37. The van der Waals surface area contributed by atoms with Crippen LogP contribution < -0.4 is 10.4 Å². The van der Waals surface area contributed by atoms with Crippen molar-refractivity contribution in [2.75, 3.05) is 0 Å². The molecule has 8 aromatic rings. The Bertz CT molecular complexity index is 3410. The Labute approximate surface area is 385 Å². The molecular formula is C63H56N2. The van der Waals surface area contributed by atoms with Crippen molar-refractivity contribution in [1.82, 2.24) is 9.97 Å². The average molecular weight is 841 g/mol. The molecule has 0 atom stereocenters. The summed E-state index contributed by atoms with van der Waals surface area (Å²) < 4.78 is 0. The normalized spacial score (nSPS) is 14.0. The zero-order chi connectivity index (χ0) is 45.4. The molecule has 0 spiro atoms. The molecule has 2 heteroatoms. The molecule has 0 N–H and O–H groups in total. The second kappa shape index (κ2) is 15.8. The minimum atomic E-state index is 0.0387. The number of fused-ring (bicyclic) bond motifs is 4. The standard InChI is InChI=1S/C63H56N2/c1-38-31-46(62(5,6)7)32-39(2)58(38)60-50-17-13-11-15-48(50)56(54-35-44(19-21-52(54)60)42-23-27-64-28-24-42)37-57-49-16-12-14-18-51(49)61(59-40(3)33-47(34-41(59)4)63(8,9)10)53-22-20-45(36-55(53)57)43-25-29-65-30-26-43/h11-36H,1-10H3. The van der Waals surface area contributed by atoms with E-state index in [1.807, 2.05) is 24.8 Å². The molecule has 0 fully saturated rings. The highest BCUT2D eigenvalue weighted by Gasteiger charge is 2.33. The highest BCUT2D eigenvalue weighted by molar-refractivity contribution is 6.07. The van der Waals surface area contributed by atoms with E-state index in [0.29, 0.717) is 0 Å². The van der Waals surface area contributed by atoms with Gasteiger partial charge < -0.3 is 0 Å². The molecule has 0 unspecified atom stereocenters. The van der Waals surface area contributed by atoms with Gasteiger partial charge in [0.1, 0.15) is 0 Å². The van der Waals surface area contributed by atoms with E-state index in [4.69, 9.17) is 0 Å². The Morgan fingerprint density at radius 3 is 1.66 bits per heavy atom. The van der Waals surface area contributed by atoms with Gasteiger partial charge in [0.25, 0.3) is 0 Å². The van der Waals surface area contributed by atoms with Crippen LogP contribution in [0, 0.1) is 31.1 Å². The lowest BCUT2D eigenvalue weighted by Crippen LogP contribution is -2.22. The predicted molar refractivity (Wildman–Crippen MR) is 275 cm³/mol. The molecule has 0 amide bonds. The summed E-state index contributed by atoms with van der Waals surface area (Å²) in [5.41, 5.74) is 23.9. The van der Waals surface area contributed by atoms with Crippen molar-refractivity contribution in [3.05, 3.63) is 236 Å². The van der Waals surface area contributed by atoms with Gasteiger partial charge in [0.2, 0.25) is 0 Å². The highest BCUT2D eigenvalue weighted by Crippen LogP contribution is 2.48. The van der Waals surface area contributed by atoms with Gasteiger partial charge in [0.05, 0.1) is 34.8 Å². The number of benzene rings is 6. The Hall–Kier alpha value is -7.12. The molecule has 318 valence electrons. The van der Waals surface area contributed by atoms with Gasteiger partial charge in [-0.25, -0.2) is 0 Å². The first-order valence-electron chi connectivity index (χ1n) is 23.0. The maximum atomic E-state index is 4.37. The summed E-state index contributed by atoms with van der Waals surface area (Å²) in [6.07, 6.45) is 12.3. The van der Waals surface area contributed by atoms with E-state index in [-0.39, 0.29) is 10.8 Å². The van der Waals surface area contributed by atoms with Crippen LogP contribution in [0.4, 0.5) is 0 Å². The summed E-state index contributed by atoms with van der Waals surface area (Å²) >= 11 is 0. The number of hydrogen-bond donors (Lipinski definition) is 0. The lowest BCUT2D eigenvalue weighted by Gasteiger charge is -2.38. The molecule has 0 saturated heterocycles. The molecule has 10 rings (SSSR count). The summed E-state index contributed by atoms with van der Waals surface area (Å²) in [7, 11) is 0. The second-order valence-corrected chi connectivity index (χ2v) is 20.2. The lowest BCUT2D eigenvalue weighted by molar-refractivity contribution is 0.472. The SMILES string of the molecule is CC1=C[C+](C(C)(C)C)C=C(C)C1=c1c2ccccc2c(=C=C2c3ccccc3[C-](c3c(C)cc(C(C)(C)C)cc3C)c3ccc(-c4ccncc4)cc32)c2cc(-c3ccncc3)ccc12. The van der Waals surface area contributed by atoms with Crippen LogP contribution >= 0.6 is 0 Å². The molecule has 2 aromatic heterocycles. The average Bonchev–Trinajstić information content (AvgIpc) is 3.29. The van der Waals surface area contributed by atoms with Crippen molar-refractivity contribution in [3.8, 4) is 22.3 Å². The molecule has 65 heavy (non-hydrogen) atoms. The number of allylic oxidation sites excluding steroid dienone is 4. The number of aromatic nitrogens is 2. The molecular weight excluding hydrogens is 785 g/mol. The van der Waals surface area contributed by atoms with E-state index >= 15 is 0 Å². The van der Waals surface area contributed by atoms with Crippen molar-refractivity contribution in [1.29, 1.82) is 0 Å². The molecule has 2 aliphatic carbocycles. The number of rotatable bonds is 3. The summed E-state index contributed by atoms with van der Waals surface area (Å²) in [4.78, 5) is 8.74. The third-order valence-electron chi connectivity index (χ3n) is 13.6. The maximum Gasteiger partial charge on any atom is 0.0976 e. The number of nitrogens with zero attached hydrogens (tertiary/aromatic N) is 2. The minimum absolute atomic E-state index is 0.0387. The molecule has 2 heterocycles. The van der Waals surface area contributed by atoms with Crippen LogP contribution in [0.25, 0.3) is 60.7 Å². The van der Waals surface area contributed by atoms with Crippen LogP contribution in [0.5, 0.6) is 0 Å². The fourth-order valence-electron chi connectivity index (χ4n) is 10.3. The van der Waals surface area contributed by atoms with Crippen LogP contribution in [0.3, 0.4) is 0 Å². The fraction of sp³-hybridized carbons (Fsp3) is 0.190. The number of hydrogen-bond acceptors (Lipinski definition) is 2. The van der Waals surface area contributed by atoms with Gasteiger partial charge in [0.15, 0.2) is 0 Å². The summed E-state index contributed by atoms with van der Waals surface area (Å²) in [5.74, 6) is 2.62. The Kier molecular flexibility index (Phi) is 10.2. The van der Waals surface area contributed by atoms with E-state index in [9.17, 15) is 0 Å². The fourth-order valence-corrected chi connectivity index (χ4v) is 10.3. The Morgan fingerprint density at radius 2 is 1.05 bits per heavy atom. The molecule has 2 nitrogen and oxygen atoms in total. The van der Waals surface area contributed by atoms with Gasteiger partial charge in [-0.1, -0.05) is 176 Å². The van der Waals surface area contributed by atoms with Crippen molar-refractivity contribution in [3.63, 3.8) is 0 Å². The third kappa shape index (κ3) is 7.33. The van der Waals surface area contributed by atoms with Crippen molar-refractivity contribution >= 4 is 38.4 Å². The Balaban J connectivity index is 1.39. The number of aryl methyl sites for hydroxylation is 2. The number of pyridine rings is 2. The highest BCUT2D eigenvalue weighted by atomic mass is 14.6. The van der Waals surface area contributed by atoms with Crippen molar-refractivity contribution < 1.29 is 0 Å². The first kappa shape index (κ1) is 41.9.